The van der Waals surface area contributed by atoms with Gasteiger partial charge in [0.1, 0.15) is 5.82 Å². The fourth-order valence-corrected chi connectivity index (χ4v) is 2.99. The fraction of sp³-hybridized carbons (Fsp3) is 0.235. The van der Waals surface area contributed by atoms with Gasteiger partial charge in [0.2, 0.25) is 16.0 Å². The lowest BCUT2D eigenvalue weighted by atomic mass is 10.2. The van der Waals surface area contributed by atoms with Gasteiger partial charge in [-0.05, 0) is 30.7 Å². The molecule has 0 unspecified atom stereocenters. The molecule has 0 fully saturated rings. The molecule has 2 aromatic heterocycles. The molecule has 0 aliphatic rings. The summed E-state index contributed by atoms with van der Waals surface area (Å²) in [5.74, 6) is 1.18. The summed E-state index contributed by atoms with van der Waals surface area (Å²) in [6.07, 6.45) is 6.81. The van der Waals surface area contributed by atoms with Crippen molar-refractivity contribution in [2.24, 2.45) is 5.14 Å². The largest absolute Gasteiger partial charge is 0.369 e. The summed E-state index contributed by atoms with van der Waals surface area (Å²) < 4.78 is 22.6. The lowest BCUT2D eigenvalue weighted by molar-refractivity contribution is 0.598. The Hall–Kier alpha value is -2.98. The van der Waals surface area contributed by atoms with Crippen LogP contribution in [0.2, 0.25) is 0 Å². The second-order valence-electron chi connectivity index (χ2n) is 5.87. The number of hydrogen-bond donors (Lipinski definition) is 4. The minimum atomic E-state index is -3.71. The Balaban J connectivity index is 1.70. The smallest absolute Gasteiger partial charge is 0.238 e. The van der Waals surface area contributed by atoms with Gasteiger partial charge in [0.15, 0.2) is 0 Å². The third-order valence-corrected chi connectivity index (χ3v) is 4.86. The van der Waals surface area contributed by atoms with Crippen LogP contribution in [0.25, 0.3) is 0 Å². The zero-order valence-corrected chi connectivity index (χ0v) is 15.6. The van der Waals surface area contributed by atoms with Gasteiger partial charge in [-0.1, -0.05) is 6.92 Å². The number of sulfonamides is 1. The number of rotatable bonds is 8. The minimum absolute atomic E-state index is 0.0523. The fourth-order valence-electron chi connectivity index (χ4n) is 2.47. The van der Waals surface area contributed by atoms with E-state index in [-0.39, 0.29) is 4.90 Å². The Labute approximate surface area is 157 Å². The van der Waals surface area contributed by atoms with Gasteiger partial charge in [0.05, 0.1) is 11.2 Å². The third kappa shape index (κ3) is 5.02. The predicted octanol–water partition coefficient (Wildman–Crippen LogP) is 1.81. The van der Waals surface area contributed by atoms with Gasteiger partial charge in [-0.2, -0.15) is 4.98 Å². The van der Waals surface area contributed by atoms with E-state index in [4.69, 9.17) is 5.14 Å². The summed E-state index contributed by atoms with van der Waals surface area (Å²) in [6, 6.07) is 6.09. The van der Waals surface area contributed by atoms with Crippen LogP contribution in [0.5, 0.6) is 0 Å². The van der Waals surface area contributed by atoms with E-state index in [1.807, 2.05) is 6.92 Å². The highest BCUT2D eigenvalue weighted by Gasteiger charge is 2.09. The van der Waals surface area contributed by atoms with Crippen LogP contribution in [0.3, 0.4) is 0 Å². The number of aryl methyl sites for hydroxylation is 1. The second kappa shape index (κ2) is 8.14. The Morgan fingerprint density at radius 2 is 1.96 bits per heavy atom. The number of aromatic nitrogens is 4. The molecular formula is C17H21N7O2S. The van der Waals surface area contributed by atoms with Crippen LogP contribution >= 0.6 is 0 Å². The molecule has 0 aliphatic heterocycles. The van der Waals surface area contributed by atoms with E-state index < -0.39 is 10.0 Å². The van der Waals surface area contributed by atoms with E-state index in [1.165, 1.54) is 12.1 Å². The van der Waals surface area contributed by atoms with Crippen molar-refractivity contribution in [2.45, 2.75) is 24.7 Å². The number of imidazole rings is 1. The molecule has 0 atom stereocenters. The number of hydrogen-bond acceptors (Lipinski definition) is 7. The maximum Gasteiger partial charge on any atom is 0.238 e. The average molecular weight is 387 g/mol. The molecule has 27 heavy (non-hydrogen) atoms. The molecule has 5 N–H and O–H groups in total. The van der Waals surface area contributed by atoms with Gasteiger partial charge in [-0.25, -0.2) is 23.5 Å². The lowest BCUT2D eigenvalue weighted by Crippen LogP contribution is -2.12. The van der Waals surface area contributed by atoms with E-state index in [9.17, 15) is 8.42 Å². The number of primary sulfonamides is 1. The number of benzene rings is 1. The van der Waals surface area contributed by atoms with Crippen LogP contribution in [0.15, 0.2) is 47.9 Å². The molecule has 0 spiro atoms. The summed E-state index contributed by atoms with van der Waals surface area (Å²) in [4.78, 5) is 16.0. The summed E-state index contributed by atoms with van der Waals surface area (Å²) in [5.41, 5.74) is 2.72. The highest BCUT2D eigenvalue weighted by atomic mass is 32.2. The van der Waals surface area contributed by atoms with Crippen LogP contribution in [-0.4, -0.2) is 34.9 Å². The highest BCUT2D eigenvalue weighted by Crippen LogP contribution is 2.19. The molecule has 0 radical (unpaired) electrons. The normalized spacial score (nSPS) is 11.3. The molecule has 9 nitrogen and oxygen atoms in total. The number of nitrogens with one attached hydrogen (secondary N) is 3. The lowest BCUT2D eigenvalue weighted by Gasteiger charge is -2.12. The Morgan fingerprint density at radius 3 is 2.59 bits per heavy atom. The number of aromatic amines is 1. The zero-order valence-electron chi connectivity index (χ0n) is 14.8. The van der Waals surface area contributed by atoms with Crippen molar-refractivity contribution in [1.29, 1.82) is 0 Å². The molecular weight excluding hydrogens is 366 g/mol. The maximum atomic E-state index is 11.3. The van der Waals surface area contributed by atoms with E-state index in [2.05, 4.69) is 30.6 Å². The van der Waals surface area contributed by atoms with Crippen molar-refractivity contribution >= 4 is 27.5 Å². The molecule has 10 heteroatoms. The van der Waals surface area contributed by atoms with Gasteiger partial charge >= 0.3 is 0 Å². The van der Waals surface area contributed by atoms with Crippen molar-refractivity contribution in [3.8, 4) is 0 Å². The van der Waals surface area contributed by atoms with Gasteiger partial charge in [-0.15, -0.1) is 0 Å². The summed E-state index contributed by atoms with van der Waals surface area (Å²) in [5, 5.41) is 11.5. The first kappa shape index (κ1) is 18.8. The molecule has 3 rings (SSSR count). The molecule has 0 amide bonds. The summed E-state index contributed by atoms with van der Waals surface area (Å²) in [6.45, 7) is 2.74. The second-order valence-corrected chi connectivity index (χ2v) is 7.43. The molecule has 0 aliphatic carbocycles. The van der Waals surface area contributed by atoms with Crippen LogP contribution in [-0.2, 0) is 22.9 Å². The first-order chi connectivity index (χ1) is 13.0. The minimum Gasteiger partial charge on any atom is -0.369 e. The summed E-state index contributed by atoms with van der Waals surface area (Å²) in [7, 11) is -3.71. The van der Waals surface area contributed by atoms with E-state index in [0.29, 0.717) is 18.2 Å². The topological polar surface area (TPSA) is 139 Å². The molecule has 142 valence electrons. The van der Waals surface area contributed by atoms with Crippen LogP contribution < -0.4 is 15.8 Å². The SMILES string of the molecule is CCc1cnc(Nc2ccc(S(N)(=O)=O)cc2)nc1NCCc1cnc[nH]1. The van der Waals surface area contributed by atoms with Crippen molar-refractivity contribution < 1.29 is 8.42 Å². The van der Waals surface area contributed by atoms with E-state index in [0.717, 1.165) is 29.9 Å². The van der Waals surface area contributed by atoms with Crippen molar-refractivity contribution in [1.82, 2.24) is 19.9 Å². The van der Waals surface area contributed by atoms with Gasteiger partial charge in [0.25, 0.3) is 0 Å². The molecule has 0 saturated carbocycles. The van der Waals surface area contributed by atoms with Crippen molar-refractivity contribution in [3.05, 3.63) is 54.2 Å². The zero-order chi connectivity index (χ0) is 19.3. The molecule has 3 aromatic rings. The Bertz CT molecular complexity index is 987. The monoisotopic (exact) mass is 387 g/mol. The standard InChI is InChI=1S/C17H21N7O2S/c1-2-12-9-21-17(23-13-3-5-15(6-4-13)27(18,25)26)24-16(12)20-8-7-14-10-19-11-22-14/h3-6,9-11H,2,7-8H2,1H3,(H,19,22)(H2,18,25,26)(H2,20,21,23,24). The number of H-pyrrole nitrogens is 1. The third-order valence-electron chi connectivity index (χ3n) is 3.93. The first-order valence-corrected chi connectivity index (χ1v) is 9.97. The van der Waals surface area contributed by atoms with Crippen molar-refractivity contribution in [3.63, 3.8) is 0 Å². The quantitative estimate of drug-likeness (QED) is 0.462. The van der Waals surface area contributed by atoms with E-state index >= 15 is 0 Å². The van der Waals surface area contributed by atoms with Crippen LogP contribution in [0, 0.1) is 0 Å². The molecule has 1 aromatic carbocycles. The van der Waals surface area contributed by atoms with E-state index in [1.54, 1.807) is 30.9 Å². The maximum absolute atomic E-state index is 11.3. The first-order valence-electron chi connectivity index (χ1n) is 8.42. The number of nitrogens with two attached hydrogens (primary N) is 1. The Kier molecular flexibility index (Phi) is 5.67. The van der Waals surface area contributed by atoms with Gasteiger partial charge in [0, 0.05) is 42.3 Å². The molecule has 2 heterocycles. The Morgan fingerprint density at radius 1 is 1.19 bits per heavy atom. The van der Waals surface area contributed by atoms with Crippen LogP contribution in [0.1, 0.15) is 18.2 Å². The van der Waals surface area contributed by atoms with Crippen LogP contribution in [0.4, 0.5) is 17.5 Å². The highest BCUT2D eigenvalue weighted by molar-refractivity contribution is 7.89. The average Bonchev–Trinajstić information content (AvgIpc) is 3.15. The number of nitrogens with zero attached hydrogens (tertiary/aromatic N) is 3. The summed E-state index contributed by atoms with van der Waals surface area (Å²) >= 11 is 0. The van der Waals surface area contributed by atoms with Gasteiger partial charge in [-0.3, -0.25) is 0 Å². The van der Waals surface area contributed by atoms with Gasteiger partial charge < -0.3 is 15.6 Å². The predicted molar refractivity (Wildman–Crippen MR) is 103 cm³/mol. The molecule has 0 saturated heterocycles. The molecule has 0 bridgehead atoms. The van der Waals surface area contributed by atoms with Crippen molar-refractivity contribution in [2.75, 3.05) is 17.2 Å². The number of anilines is 3.